The Kier molecular flexibility index (Phi) is 5.85. The standard InChI is InChI=1S/C25H27N3O5S/c1-34(30,31)28-15-33-25-7-2-16(13-23(25)28)24(29)14-27-8-9-32-20-4-6-22-18(12-20)10-17-11-19(26)3-5-21(17)22/h2-7,11-13,24,27,29H,8-10,14-15,26H2,1H3/t24-/m0/s1. The lowest BCUT2D eigenvalue weighted by atomic mass is 10.1. The summed E-state index contributed by atoms with van der Waals surface area (Å²) >= 11 is 0. The zero-order valence-electron chi connectivity index (χ0n) is 18.8. The molecule has 1 atom stereocenters. The van der Waals surface area contributed by atoms with Crippen molar-refractivity contribution < 1.29 is 23.0 Å². The quantitative estimate of drug-likeness (QED) is 0.262. The second-order valence-corrected chi connectivity index (χ2v) is 10.5. The molecule has 0 fully saturated rings. The number of fused-ring (bicyclic) bond motifs is 4. The van der Waals surface area contributed by atoms with E-state index in [2.05, 4.69) is 23.5 Å². The highest BCUT2D eigenvalue weighted by Crippen LogP contribution is 2.39. The van der Waals surface area contributed by atoms with E-state index in [0.29, 0.717) is 36.7 Å². The number of nitrogens with zero attached hydrogens (tertiary/aromatic N) is 1. The maximum Gasteiger partial charge on any atom is 0.235 e. The minimum Gasteiger partial charge on any atom is -0.492 e. The average molecular weight is 482 g/mol. The van der Waals surface area contributed by atoms with Gasteiger partial charge in [-0.05, 0) is 70.6 Å². The third-order valence-electron chi connectivity index (χ3n) is 6.14. The van der Waals surface area contributed by atoms with E-state index in [4.69, 9.17) is 15.2 Å². The van der Waals surface area contributed by atoms with Crippen LogP contribution in [-0.2, 0) is 16.4 Å². The van der Waals surface area contributed by atoms with Crippen LogP contribution in [-0.4, -0.2) is 46.2 Å². The molecule has 0 radical (unpaired) electrons. The van der Waals surface area contributed by atoms with E-state index in [-0.39, 0.29) is 6.73 Å². The zero-order chi connectivity index (χ0) is 23.9. The highest BCUT2D eigenvalue weighted by atomic mass is 32.2. The van der Waals surface area contributed by atoms with E-state index in [1.165, 1.54) is 26.6 Å². The van der Waals surface area contributed by atoms with Gasteiger partial charge in [0.05, 0.1) is 18.0 Å². The highest BCUT2D eigenvalue weighted by Gasteiger charge is 2.28. The van der Waals surface area contributed by atoms with Crippen LogP contribution in [0.25, 0.3) is 11.1 Å². The molecule has 0 spiro atoms. The van der Waals surface area contributed by atoms with Crippen LogP contribution in [0, 0.1) is 0 Å². The lowest BCUT2D eigenvalue weighted by Gasteiger charge is -2.16. The third kappa shape index (κ3) is 4.42. The van der Waals surface area contributed by atoms with Crippen molar-refractivity contribution in [2.24, 2.45) is 0 Å². The first-order chi connectivity index (χ1) is 16.3. The van der Waals surface area contributed by atoms with Gasteiger partial charge < -0.3 is 25.6 Å². The molecule has 0 unspecified atom stereocenters. The molecule has 0 amide bonds. The summed E-state index contributed by atoms with van der Waals surface area (Å²) in [6.45, 7) is 1.26. The first kappa shape index (κ1) is 22.5. The average Bonchev–Trinajstić information content (AvgIpc) is 3.38. The molecule has 178 valence electrons. The fourth-order valence-corrected chi connectivity index (χ4v) is 5.17. The minimum atomic E-state index is -3.44. The molecule has 8 nitrogen and oxygen atoms in total. The molecular formula is C25H27N3O5S. The number of benzene rings is 3. The molecule has 3 aromatic carbocycles. The maximum absolute atomic E-state index is 11.9. The van der Waals surface area contributed by atoms with Crippen LogP contribution >= 0.6 is 0 Å². The van der Waals surface area contributed by atoms with E-state index in [9.17, 15) is 13.5 Å². The number of nitrogens with one attached hydrogen (secondary N) is 1. The molecule has 2 aliphatic rings. The van der Waals surface area contributed by atoms with Crippen molar-refractivity contribution in [2.75, 3.05) is 42.7 Å². The van der Waals surface area contributed by atoms with Crippen molar-refractivity contribution in [3.05, 3.63) is 71.3 Å². The van der Waals surface area contributed by atoms with Crippen LogP contribution < -0.4 is 24.8 Å². The van der Waals surface area contributed by atoms with E-state index in [1.54, 1.807) is 18.2 Å². The summed E-state index contributed by atoms with van der Waals surface area (Å²) in [6.07, 6.45) is 1.18. The molecule has 4 N–H and O–H groups in total. The lowest BCUT2D eigenvalue weighted by molar-refractivity contribution is 0.172. The predicted octanol–water partition coefficient (Wildman–Crippen LogP) is 2.66. The topological polar surface area (TPSA) is 114 Å². The highest BCUT2D eigenvalue weighted by molar-refractivity contribution is 7.92. The number of nitrogens with two attached hydrogens (primary N) is 1. The zero-order valence-corrected chi connectivity index (χ0v) is 19.6. The van der Waals surface area contributed by atoms with E-state index in [0.717, 1.165) is 24.1 Å². The van der Waals surface area contributed by atoms with Crippen LogP contribution in [0.2, 0.25) is 0 Å². The summed E-state index contributed by atoms with van der Waals surface area (Å²) in [5.74, 6) is 1.30. The van der Waals surface area contributed by atoms with Crippen molar-refractivity contribution in [3.63, 3.8) is 0 Å². The lowest BCUT2D eigenvalue weighted by Crippen LogP contribution is -2.29. The van der Waals surface area contributed by atoms with Gasteiger partial charge in [-0.3, -0.25) is 0 Å². The summed E-state index contributed by atoms with van der Waals surface area (Å²) < 4.78 is 36.3. The molecule has 0 bridgehead atoms. The summed E-state index contributed by atoms with van der Waals surface area (Å²) in [7, 11) is -3.44. The summed E-state index contributed by atoms with van der Waals surface area (Å²) in [4.78, 5) is 0. The van der Waals surface area contributed by atoms with Gasteiger partial charge in [0.25, 0.3) is 0 Å². The predicted molar refractivity (Wildman–Crippen MR) is 132 cm³/mol. The Morgan fingerprint density at radius 2 is 1.88 bits per heavy atom. The number of rotatable bonds is 8. The maximum atomic E-state index is 11.9. The number of nitrogen functional groups attached to an aromatic ring is 1. The van der Waals surface area contributed by atoms with Crippen molar-refractivity contribution in [1.82, 2.24) is 5.32 Å². The minimum absolute atomic E-state index is 0.0495. The molecule has 3 aromatic rings. The van der Waals surface area contributed by atoms with Crippen LogP contribution in [0.4, 0.5) is 11.4 Å². The third-order valence-corrected chi connectivity index (χ3v) is 7.24. The van der Waals surface area contributed by atoms with Crippen molar-refractivity contribution in [3.8, 4) is 22.6 Å². The van der Waals surface area contributed by atoms with Gasteiger partial charge in [0.15, 0.2) is 6.73 Å². The fraction of sp³-hybridized carbons (Fsp3) is 0.280. The van der Waals surface area contributed by atoms with Gasteiger partial charge in [0.2, 0.25) is 10.0 Å². The van der Waals surface area contributed by atoms with Crippen LogP contribution in [0.5, 0.6) is 11.5 Å². The van der Waals surface area contributed by atoms with Gasteiger partial charge >= 0.3 is 0 Å². The largest absolute Gasteiger partial charge is 0.492 e. The molecule has 9 heteroatoms. The normalized spacial score (nSPS) is 14.8. The molecule has 0 saturated carbocycles. The van der Waals surface area contributed by atoms with E-state index in [1.807, 2.05) is 18.2 Å². The number of ether oxygens (including phenoxy) is 2. The number of anilines is 2. The molecule has 0 aromatic heterocycles. The summed E-state index contributed by atoms with van der Waals surface area (Å²) in [5.41, 5.74) is 12.7. The second-order valence-electron chi connectivity index (χ2n) is 8.59. The first-order valence-corrected chi connectivity index (χ1v) is 12.9. The monoisotopic (exact) mass is 481 g/mol. The van der Waals surface area contributed by atoms with Gasteiger partial charge in [-0.1, -0.05) is 18.2 Å². The van der Waals surface area contributed by atoms with Gasteiger partial charge in [0, 0.05) is 18.8 Å². The van der Waals surface area contributed by atoms with Crippen molar-refractivity contribution >= 4 is 21.4 Å². The van der Waals surface area contributed by atoms with Gasteiger partial charge in [-0.15, -0.1) is 0 Å². The number of hydrogen-bond acceptors (Lipinski definition) is 7. The Morgan fingerprint density at radius 1 is 1.12 bits per heavy atom. The fourth-order valence-electron chi connectivity index (χ4n) is 4.43. The Labute approximate surface area is 199 Å². The smallest absolute Gasteiger partial charge is 0.235 e. The Balaban J connectivity index is 1.12. The molecule has 1 aliphatic carbocycles. The molecular weight excluding hydrogens is 454 g/mol. The van der Waals surface area contributed by atoms with Crippen LogP contribution in [0.1, 0.15) is 22.8 Å². The van der Waals surface area contributed by atoms with Gasteiger partial charge in [0.1, 0.15) is 18.1 Å². The van der Waals surface area contributed by atoms with Crippen molar-refractivity contribution in [2.45, 2.75) is 12.5 Å². The Hall–Kier alpha value is -3.27. The molecule has 34 heavy (non-hydrogen) atoms. The Morgan fingerprint density at radius 3 is 2.68 bits per heavy atom. The van der Waals surface area contributed by atoms with Gasteiger partial charge in [-0.2, -0.15) is 0 Å². The van der Waals surface area contributed by atoms with E-state index < -0.39 is 16.1 Å². The second kappa shape index (κ2) is 8.83. The number of sulfonamides is 1. The van der Waals surface area contributed by atoms with Crippen molar-refractivity contribution in [1.29, 1.82) is 0 Å². The number of hydrogen-bond donors (Lipinski definition) is 3. The molecule has 0 saturated heterocycles. The van der Waals surface area contributed by atoms with Crippen LogP contribution in [0.3, 0.4) is 0 Å². The van der Waals surface area contributed by atoms with Gasteiger partial charge in [-0.25, -0.2) is 12.7 Å². The first-order valence-electron chi connectivity index (χ1n) is 11.1. The van der Waals surface area contributed by atoms with Crippen LogP contribution in [0.15, 0.2) is 54.6 Å². The SMILES string of the molecule is CS(=O)(=O)N1COc2ccc([C@@H](O)CNCCOc3ccc4c(c3)Cc3cc(N)ccc3-4)cc21. The Bertz CT molecular complexity index is 1340. The number of aliphatic hydroxyl groups is 1. The summed E-state index contributed by atoms with van der Waals surface area (Å²) in [6, 6.07) is 17.2. The molecule has 1 heterocycles. The molecule has 1 aliphatic heterocycles. The number of aliphatic hydroxyl groups excluding tert-OH is 1. The van der Waals surface area contributed by atoms with E-state index >= 15 is 0 Å². The summed E-state index contributed by atoms with van der Waals surface area (Å²) in [5, 5.41) is 13.7. The molecule has 5 rings (SSSR count).